The largest absolute Gasteiger partial charge is 0.465 e. The van der Waals surface area contributed by atoms with E-state index >= 15 is 0 Å². The number of fused-ring (bicyclic) bond motifs is 1. The Bertz CT molecular complexity index is 1000. The summed E-state index contributed by atoms with van der Waals surface area (Å²) in [7, 11) is 0. The molecular formula is C19H20N6O3. The highest BCUT2D eigenvalue weighted by atomic mass is 16.4. The van der Waals surface area contributed by atoms with Crippen LogP contribution in [0.15, 0.2) is 48.5 Å². The van der Waals surface area contributed by atoms with E-state index in [-0.39, 0.29) is 18.5 Å². The van der Waals surface area contributed by atoms with Crippen LogP contribution >= 0.6 is 0 Å². The van der Waals surface area contributed by atoms with Crippen molar-refractivity contribution in [3.05, 3.63) is 54.2 Å². The monoisotopic (exact) mass is 380 g/mol. The molecule has 0 spiro atoms. The first-order valence-corrected chi connectivity index (χ1v) is 9.07. The molecule has 9 heteroatoms. The Morgan fingerprint density at radius 3 is 2.71 bits per heavy atom. The van der Waals surface area contributed by atoms with E-state index in [2.05, 4.69) is 20.7 Å². The van der Waals surface area contributed by atoms with E-state index < -0.39 is 6.09 Å². The zero-order valence-electron chi connectivity index (χ0n) is 15.1. The van der Waals surface area contributed by atoms with Crippen LogP contribution in [0.4, 0.5) is 16.4 Å². The lowest BCUT2D eigenvalue weighted by Crippen LogP contribution is -2.49. The third-order valence-electron chi connectivity index (χ3n) is 4.65. The fourth-order valence-corrected chi connectivity index (χ4v) is 3.31. The van der Waals surface area contributed by atoms with Gasteiger partial charge in [0, 0.05) is 24.8 Å². The number of likely N-dealkylation sites (tertiary alicyclic amines) is 1. The highest BCUT2D eigenvalue weighted by Crippen LogP contribution is 2.16. The molecule has 0 radical (unpaired) electrons. The number of carboxylic acid groups (broad SMARTS) is 1. The number of nitrogens with zero attached hydrogens (tertiary/aromatic N) is 4. The number of aromatic nitrogens is 3. The van der Waals surface area contributed by atoms with Crippen molar-refractivity contribution in [2.24, 2.45) is 0 Å². The normalized spacial score (nSPS) is 16.7. The molecule has 1 aliphatic rings. The van der Waals surface area contributed by atoms with Crippen molar-refractivity contribution in [3.8, 4) is 0 Å². The van der Waals surface area contributed by atoms with E-state index in [1.165, 1.54) is 9.42 Å². The number of amides is 2. The topological polar surface area (TPSA) is 112 Å². The number of hydrogen-bond acceptors (Lipinski definition) is 5. The number of benzene rings is 1. The van der Waals surface area contributed by atoms with Crippen molar-refractivity contribution in [2.75, 3.05) is 18.4 Å². The Morgan fingerprint density at radius 2 is 1.93 bits per heavy atom. The maximum atomic E-state index is 12.8. The van der Waals surface area contributed by atoms with Crippen molar-refractivity contribution in [3.63, 3.8) is 0 Å². The van der Waals surface area contributed by atoms with Crippen molar-refractivity contribution >= 4 is 29.3 Å². The minimum atomic E-state index is -0.964. The number of nitrogens with one attached hydrogen (secondary N) is 2. The summed E-state index contributed by atoms with van der Waals surface area (Å²) in [4.78, 5) is 29.7. The summed E-state index contributed by atoms with van der Waals surface area (Å²) < 4.78 is 1.48. The van der Waals surface area contributed by atoms with Gasteiger partial charge in [-0.2, -0.15) is 4.98 Å². The van der Waals surface area contributed by atoms with Crippen LogP contribution in [-0.4, -0.2) is 55.7 Å². The van der Waals surface area contributed by atoms with Gasteiger partial charge in [0.25, 0.3) is 5.91 Å². The van der Waals surface area contributed by atoms with Gasteiger partial charge < -0.3 is 20.6 Å². The van der Waals surface area contributed by atoms with Crippen LogP contribution in [0.2, 0.25) is 0 Å². The first-order valence-electron chi connectivity index (χ1n) is 9.07. The third-order valence-corrected chi connectivity index (χ3v) is 4.65. The minimum absolute atomic E-state index is 0.224. The van der Waals surface area contributed by atoms with Gasteiger partial charge in [-0.3, -0.25) is 4.79 Å². The van der Waals surface area contributed by atoms with Crippen LogP contribution < -0.4 is 10.6 Å². The number of hydrogen-bond donors (Lipinski definition) is 3. The molecule has 0 saturated carbocycles. The summed E-state index contributed by atoms with van der Waals surface area (Å²) in [5.41, 5.74) is 1.74. The number of carbonyl (C=O) groups is 2. The molecule has 3 N–H and O–H groups in total. The van der Waals surface area contributed by atoms with Crippen molar-refractivity contribution in [1.82, 2.24) is 24.8 Å². The molecule has 0 bridgehead atoms. The maximum absolute atomic E-state index is 12.8. The second kappa shape index (κ2) is 7.55. The van der Waals surface area contributed by atoms with Crippen LogP contribution in [0, 0.1) is 0 Å². The summed E-state index contributed by atoms with van der Waals surface area (Å²) in [5, 5.41) is 19.6. The maximum Gasteiger partial charge on any atom is 0.407 e. The molecule has 144 valence electrons. The van der Waals surface area contributed by atoms with E-state index in [9.17, 15) is 9.59 Å². The van der Waals surface area contributed by atoms with Gasteiger partial charge in [0.2, 0.25) is 5.95 Å². The Labute approximate surface area is 161 Å². The predicted octanol–water partition coefficient (Wildman–Crippen LogP) is 2.35. The molecule has 1 aromatic carbocycles. The first kappa shape index (κ1) is 17.8. The average Bonchev–Trinajstić information content (AvgIpc) is 3.11. The summed E-state index contributed by atoms with van der Waals surface area (Å²) in [6, 6.07) is 14.5. The smallest absolute Gasteiger partial charge is 0.407 e. The van der Waals surface area contributed by atoms with Gasteiger partial charge in [0.1, 0.15) is 5.69 Å². The highest BCUT2D eigenvalue weighted by Gasteiger charge is 2.25. The van der Waals surface area contributed by atoms with Gasteiger partial charge in [-0.1, -0.05) is 24.3 Å². The van der Waals surface area contributed by atoms with E-state index in [4.69, 9.17) is 5.11 Å². The van der Waals surface area contributed by atoms with Crippen LogP contribution in [0.5, 0.6) is 0 Å². The predicted molar refractivity (Wildman–Crippen MR) is 103 cm³/mol. The first-order chi connectivity index (χ1) is 13.6. The fourth-order valence-electron chi connectivity index (χ4n) is 3.31. The van der Waals surface area contributed by atoms with Crippen molar-refractivity contribution in [1.29, 1.82) is 0 Å². The molecule has 1 saturated heterocycles. The quantitative estimate of drug-likeness (QED) is 0.641. The SMILES string of the molecule is O=C(NC1CCCN(C(=O)O)C1)c1cccc2nc(Nc3ccccc3)nn12. The van der Waals surface area contributed by atoms with Gasteiger partial charge in [0.05, 0.1) is 0 Å². The average molecular weight is 380 g/mol. The number of rotatable bonds is 4. The van der Waals surface area contributed by atoms with Gasteiger partial charge in [0.15, 0.2) is 5.65 Å². The van der Waals surface area contributed by atoms with Crippen LogP contribution in [0.25, 0.3) is 5.65 Å². The molecular weight excluding hydrogens is 360 g/mol. The number of piperidine rings is 1. The molecule has 9 nitrogen and oxygen atoms in total. The van der Waals surface area contributed by atoms with Crippen molar-refractivity contribution < 1.29 is 14.7 Å². The molecule has 2 aromatic heterocycles. The zero-order chi connectivity index (χ0) is 19.5. The summed E-state index contributed by atoms with van der Waals surface area (Å²) in [6.07, 6.45) is 0.494. The van der Waals surface area contributed by atoms with Gasteiger partial charge >= 0.3 is 6.09 Å². The third kappa shape index (κ3) is 3.73. The lowest BCUT2D eigenvalue weighted by molar-refractivity contribution is 0.0881. The van der Waals surface area contributed by atoms with Crippen LogP contribution in [-0.2, 0) is 0 Å². The summed E-state index contributed by atoms with van der Waals surface area (Å²) in [6.45, 7) is 0.782. The number of para-hydroxylation sites is 1. The van der Waals surface area contributed by atoms with E-state index in [1.54, 1.807) is 18.2 Å². The number of carbonyl (C=O) groups excluding carboxylic acids is 1. The second-order valence-electron chi connectivity index (χ2n) is 6.65. The molecule has 4 rings (SSSR count). The Kier molecular flexibility index (Phi) is 4.79. The lowest BCUT2D eigenvalue weighted by atomic mass is 10.1. The Morgan fingerprint density at radius 1 is 1.11 bits per heavy atom. The number of anilines is 2. The molecule has 3 heterocycles. The molecule has 0 aliphatic carbocycles. The van der Waals surface area contributed by atoms with Crippen molar-refractivity contribution in [2.45, 2.75) is 18.9 Å². The fraction of sp³-hybridized carbons (Fsp3) is 0.263. The molecule has 28 heavy (non-hydrogen) atoms. The molecule has 3 aromatic rings. The minimum Gasteiger partial charge on any atom is -0.465 e. The summed E-state index contributed by atoms with van der Waals surface area (Å²) in [5.74, 6) is 0.0835. The zero-order valence-corrected chi connectivity index (χ0v) is 15.1. The van der Waals surface area contributed by atoms with E-state index in [0.29, 0.717) is 23.8 Å². The van der Waals surface area contributed by atoms with Gasteiger partial charge in [-0.25, -0.2) is 9.31 Å². The van der Waals surface area contributed by atoms with E-state index in [1.807, 2.05) is 30.3 Å². The summed E-state index contributed by atoms with van der Waals surface area (Å²) >= 11 is 0. The molecule has 1 aliphatic heterocycles. The standard InChI is InChI=1S/C19H20N6O3/c26-17(20-14-8-5-11-24(12-14)19(27)28)15-9-4-10-16-22-18(23-25(15)16)21-13-6-2-1-3-7-13/h1-4,6-7,9-10,14H,5,8,11-12H2,(H,20,26)(H,21,23)(H,27,28). The molecule has 1 fully saturated rings. The number of pyridine rings is 1. The Hall–Kier alpha value is -3.62. The van der Waals surface area contributed by atoms with Crippen LogP contribution in [0.3, 0.4) is 0 Å². The van der Waals surface area contributed by atoms with Gasteiger partial charge in [-0.15, -0.1) is 5.10 Å². The lowest BCUT2D eigenvalue weighted by Gasteiger charge is -2.31. The Balaban J connectivity index is 1.53. The molecule has 1 atom stereocenters. The van der Waals surface area contributed by atoms with Gasteiger partial charge in [-0.05, 0) is 37.1 Å². The van der Waals surface area contributed by atoms with E-state index in [0.717, 1.165) is 18.5 Å². The molecule has 2 amide bonds. The molecule has 1 unspecified atom stereocenters. The highest BCUT2D eigenvalue weighted by molar-refractivity contribution is 5.93. The second-order valence-corrected chi connectivity index (χ2v) is 6.65. The van der Waals surface area contributed by atoms with Crippen LogP contribution in [0.1, 0.15) is 23.3 Å².